The van der Waals surface area contributed by atoms with Crippen molar-refractivity contribution >= 4 is 0 Å². The van der Waals surface area contributed by atoms with E-state index in [-0.39, 0.29) is 0 Å². The van der Waals surface area contributed by atoms with E-state index in [2.05, 4.69) is 27.8 Å². The molecule has 94 valence electrons. The number of nitrogens with one attached hydrogen (secondary N) is 1. The van der Waals surface area contributed by atoms with Gasteiger partial charge in [-0.05, 0) is 61.4 Å². The summed E-state index contributed by atoms with van der Waals surface area (Å²) in [5.74, 6) is 3.65. The van der Waals surface area contributed by atoms with E-state index >= 15 is 0 Å². The van der Waals surface area contributed by atoms with Gasteiger partial charge in [0.2, 0.25) is 0 Å². The lowest BCUT2D eigenvalue weighted by atomic mass is 9.84. The van der Waals surface area contributed by atoms with Crippen LogP contribution in [0.25, 0.3) is 0 Å². The van der Waals surface area contributed by atoms with Gasteiger partial charge in [-0.15, -0.1) is 5.10 Å². The van der Waals surface area contributed by atoms with Crippen LogP contribution in [-0.2, 0) is 6.54 Å². The molecule has 0 aromatic carbocycles. The molecule has 0 radical (unpaired) electrons. The molecule has 1 N–H and O–H groups in total. The number of fused-ring (bicyclic) bond motifs is 2. The number of tetrazole rings is 1. The molecule has 2 bridgehead atoms. The van der Waals surface area contributed by atoms with E-state index in [0.29, 0.717) is 6.04 Å². The molecule has 3 rings (SSSR count). The van der Waals surface area contributed by atoms with Crippen molar-refractivity contribution in [3.8, 4) is 0 Å². The molecule has 2 aliphatic carbocycles. The molecular formula is C12H21N5. The van der Waals surface area contributed by atoms with Gasteiger partial charge < -0.3 is 5.32 Å². The minimum atomic E-state index is 0.448. The van der Waals surface area contributed by atoms with Crippen LogP contribution in [0.2, 0.25) is 0 Å². The summed E-state index contributed by atoms with van der Waals surface area (Å²) in [6.45, 7) is 3.03. The smallest absolute Gasteiger partial charge is 0.165 e. The van der Waals surface area contributed by atoms with Crippen LogP contribution in [0.1, 0.15) is 44.5 Å². The van der Waals surface area contributed by atoms with Gasteiger partial charge in [0.05, 0.1) is 12.6 Å². The van der Waals surface area contributed by atoms with Crippen LogP contribution in [-0.4, -0.2) is 27.3 Å². The average molecular weight is 235 g/mol. The molecule has 1 aromatic heterocycles. The maximum absolute atomic E-state index is 4.18. The molecular weight excluding hydrogens is 214 g/mol. The Bertz CT molecular complexity index is 388. The third kappa shape index (κ3) is 1.86. The monoisotopic (exact) mass is 235 g/mol. The molecule has 1 aromatic rings. The van der Waals surface area contributed by atoms with E-state index in [1.54, 1.807) is 0 Å². The Morgan fingerprint density at radius 2 is 2.29 bits per heavy atom. The maximum Gasteiger partial charge on any atom is 0.165 e. The molecule has 5 heteroatoms. The van der Waals surface area contributed by atoms with E-state index in [0.717, 1.165) is 30.1 Å². The standard InChI is InChI=1S/C12H21N5/c1-8(11-6-9-3-4-10(11)5-9)17-12(7-13-2)14-15-16-17/h8-11,13H,3-7H2,1-2H3. The first-order valence-corrected chi connectivity index (χ1v) is 6.71. The molecule has 0 amide bonds. The van der Waals surface area contributed by atoms with Crippen molar-refractivity contribution in [1.82, 2.24) is 25.5 Å². The van der Waals surface area contributed by atoms with Crippen LogP contribution in [0.3, 0.4) is 0 Å². The van der Waals surface area contributed by atoms with Crippen molar-refractivity contribution in [3.63, 3.8) is 0 Å². The predicted octanol–water partition coefficient (Wildman–Crippen LogP) is 1.39. The number of nitrogens with zero attached hydrogens (tertiary/aromatic N) is 4. The summed E-state index contributed by atoms with van der Waals surface area (Å²) in [5.41, 5.74) is 0. The molecule has 0 aliphatic heterocycles. The van der Waals surface area contributed by atoms with Gasteiger partial charge in [0.25, 0.3) is 0 Å². The molecule has 0 spiro atoms. The minimum absolute atomic E-state index is 0.448. The van der Waals surface area contributed by atoms with Gasteiger partial charge in [0.1, 0.15) is 0 Å². The highest BCUT2D eigenvalue weighted by atomic mass is 15.6. The molecule has 4 atom stereocenters. The third-order valence-electron chi connectivity index (χ3n) is 4.69. The molecule has 4 unspecified atom stereocenters. The van der Waals surface area contributed by atoms with E-state index in [4.69, 9.17) is 0 Å². The average Bonchev–Trinajstić information content (AvgIpc) is 3.03. The van der Waals surface area contributed by atoms with Crippen LogP contribution in [0, 0.1) is 17.8 Å². The lowest BCUT2D eigenvalue weighted by Crippen LogP contribution is -2.25. The zero-order chi connectivity index (χ0) is 11.8. The fraction of sp³-hybridized carbons (Fsp3) is 0.917. The summed E-state index contributed by atoms with van der Waals surface area (Å²) in [4.78, 5) is 0. The quantitative estimate of drug-likeness (QED) is 0.857. The molecule has 0 saturated heterocycles. The lowest BCUT2D eigenvalue weighted by Gasteiger charge is -2.28. The van der Waals surface area contributed by atoms with Crippen molar-refractivity contribution in [2.24, 2.45) is 17.8 Å². The number of hydrogen-bond acceptors (Lipinski definition) is 4. The summed E-state index contributed by atoms with van der Waals surface area (Å²) in [7, 11) is 1.93. The van der Waals surface area contributed by atoms with E-state index < -0.39 is 0 Å². The van der Waals surface area contributed by atoms with Crippen LogP contribution < -0.4 is 5.32 Å². The highest BCUT2D eigenvalue weighted by Crippen LogP contribution is 2.51. The summed E-state index contributed by atoms with van der Waals surface area (Å²) >= 11 is 0. The zero-order valence-electron chi connectivity index (χ0n) is 10.6. The molecule has 5 nitrogen and oxygen atoms in total. The Hall–Kier alpha value is -0.970. The predicted molar refractivity (Wildman–Crippen MR) is 64.2 cm³/mol. The Morgan fingerprint density at radius 1 is 1.41 bits per heavy atom. The van der Waals surface area contributed by atoms with Crippen molar-refractivity contribution < 1.29 is 0 Å². The van der Waals surface area contributed by atoms with Gasteiger partial charge in [-0.2, -0.15) is 0 Å². The number of hydrogen-bond donors (Lipinski definition) is 1. The summed E-state index contributed by atoms with van der Waals surface area (Å²) in [5, 5.41) is 15.2. The molecule has 2 fully saturated rings. The molecule has 2 aliphatic rings. The Labute approximate surface area is 102 Å². The zero-order valence-corrected chi connectivity index (χ0v) is 10.6. The van der Waals surface area contributed by atoms with Gasteiger partial charge in [-0.3, -0.25) is 0 Å². The van der Waals surface area contributed by atoms with E-state index in [1.807, 2.05) is 11.7 Å². The van der Waals surface area contributed by atoms with Crippen LogP contribution >= 0.6 is 0 Å². The van der Waals surface area contributed by atoms with Crippen LogP contribution in [0.15, 0.2) is 0 Å². The first-order chi connectivity index (χ1) is 8.29. The van der Waals surface area contributed by atoms with Gasteiger partial charge in [0.15, 0.2) is 5.82 Å². The third-order valence-corrected chi connectivity index (χ3v) is 4.69. The first-order valence-electron chi connectivity index (χ1n) is 6.71. The molecule has 17 heavy (non-hydrogen) atoms. The van der Waals surface area contributed by atoms with Crippen LogP contribution in [0.5, 0.6) is 0 Å². The van der Waals surface area contributed by atoms with E-state index in [9.17, 15) is 0 Å². The maximum atomic E-state index is 4.18. The van der Waals surface area contributed by atoms with Crippen molar-refractivity contribution in [1.29, 1.82) is 0 Å². The van der Waals surface area contributed by atoms with Gasteiger partial charge >= 0.3 is 0 Å². The van der Waals surface area contributed by atoms with Crippen LogP contribution in [0.4, 0.5) is 0 Å². The Morgan fingerprint density at radius 3 is 2.94 bits per heavy atom. The van der Waals surface area contributed by atoms with Crippen molar-refractivity contribution in [3.05, 3.63) is 5.82 Å². The normalized spacial score (nSPS) is 33.2. The Balaban J connectivity index is 1.77. The lowest BCUT2D eigenvalue weighted by molar-refractivity contribution is 0.223. The summed E-state index contributed by atoms with van der Waals surface area (Å²) < 4.78 is 2.03. The fourth-order valence-electron chi connectivity index (χ4n) is 3.87. The topological polar surface area (TPSA) is 55.6 Å². The van der Waals surface area contributed by atoms with Gasteiger partial charge in [-0.1, -0.05) is 6.42 Å². The number of rotatable bonds is 4. The first kappa shape index (κ1) is 11.1. The van der Waals surface area contributed by atoms with Gasteiger partial charge in [-0.25, -0.2) is 4.68 Å². The second kappa shape index (κ2) is 4.37. The van der Waals surface area contributed by atoms with E-state index in [1.165, 1.54) is 25.7 Å². The van der Waals surface area contributed by atoms with Crippen molar-refractivity contribution in [2.45, 2.75) is 45.2 Å². The highest BCUT2D eigenvalue weighted by Gasteiger charge is 2.42. The highest BCUT2D eigenvalue weighted by molar-refractivity contribution is 4.95. The molecule has 2 saturated carbocycles. The van der Waals surface area contributed by atoms with Gasteiger partial charge in [0, 0.05) is 0 Å². The summed E-state index contributed by atoms with van der Waals surface area (Å²) in [6, 6.07) is 0.448. The Kier molecular flexibility index (Phi) is 2.86. The number of aromatic nitrogens is 4. The minimum Gasteiger partial charge on any atom is -0.313 e. The largest absolute Gasteiger partial charge is 0.313 e. The fourth-order valence-corrected chi connectivity index (χ4v) is 3.87. The second-order valence-corrected chi connectivity index (χ2v) is 5.65. The second-order valence-electron chi connectivity index (χ2n) is 5.65. The molecule has 1 heterocycles. The summed E-state index contributed by atoms with van der Waals surface area (Å²) in [6.07, 6.45) is 5.69. The SMILES string of the molecule is CNCc1nnnn1C(C)C1CC2CCC1C2. The van der Waals surface area contributed by atoms with Crippen molar-refractivity contribution in [2.75, 3.05) is 7.05 Å².